The van der Waals surface area contributed by atoms with E-state index in [4.69, 9.17) is 14.2 Å². The minimum Gasteiger partial charge on any atom is -0.493 e. The number of ether oxygens (including phenoxy) is 3. The molecule has 0 heterocycles. The van der Waals surface area contributed by atoms with Gasteiger partial charge >= 0.3 is 5.97 Å². The van der Waals surface area contributed by atoms with E-state index in [9.17, 15) is 9.59 Å². The molecule has 0 saturated carbocycles. The lowest BCUT2D eigenvalue weighted by Crippen LogP contribution is -2.34. The highest BCUT2D eigenvalue weighted by atomic mass is 16.5. The van der Waals surface area contributed by atoms with Crippen molar-refractivity contribution < 1.29 is 23.8 Å². The summed E-state index contributed by atoms with van der Waals surface area (Å²) in [5.74, 6) is 0.186. The first-order valence-electron chi connectivity index (χ1n) is 6.77. The van der Waals surface area contributed by atoms with Crippen molar-refractivity contribution in [1.82, 2.24) is 5.32 Å². The third kappa shape index (κ3) is 4.51. The first-order valence-corrected chi connectivity index (χ1v) is 6.77. The van der Waals surface area contributed by atoms with Gasteiger partial charge in [-0.15, -0.1) is 6.58 Å². The predicted octanol–water partition coefficient (Wildman–Crippen LogP) is 2.00. The minimum atomic E-state index is -0.901. The zero-order valence-electron chi connectivity index (χ0n) is 13.0. The molecule has 0 aromatic heterocycles. The Balaban J connectivity index is 3.03. The number of nitrogens with one attached hydrogen (secondary N) is 1. The van der Waals surface area contributed by atoms with Crippen LogP contribution >= 0.6 is 0 Å². The molecule has 1 N–H and O–H groups in total. The highest BCUT2D eigenvalue weighted by Crippen LogP contribution is 2.30. The monoisotopic (exact) mass is 307 g/mol. The molecule has 1 atom stereocenters. The zero-order chi connectivity index (χ0) is 16.5. The molecule has 0 fully saturated rings. The van der Waals surface area contributed by atoms with E-state index in [1.807, 2.05) is 0 Å². The molecule has 0 radical (unpaired) electrons. The average Bonchev–Trinajstić information content (AvgIpc) is 2.56. The van der Waals surface area contributed by atoms with Crippen molar-refractivity contribution >= 4 is 11.9 Å². The van der Waals surface area contributed by atoms with Gasteiger partial charge in [0.2, 0.25) is 5.91 Å². The number of carbonyl (C=O) groups excluding carboxylic acids is 2. The number of esters is 1. The summed E-state index contributed by atoms with van der Waals surface area (Å²) in [7, 11) is 4.29. The fourth-order valence-electron chi connectivity index (χ4n) is 1.89. The van der Waals surface area contributed by atoms with E-state index in [0.29, 0.717) is 23.5 Å². The van der Waals surface area contributed by atoms with Crippen LogP contribution in [0.3, 0.4) is 0 Å². The topological polar surface area (TPSA) is 73.9 Å². The summed E-state index contributed by atoms with van der Waals surface area (Å²) in [5, 5.41) is 2.65. The fraction of sp³-hybridized carbons (Fsp3) is 0.375. The van der Waals surface area contributed by atoms with E-state index < -0.39 is 12.0 Å². The van der Waals surface area contributed by atoms with Crippen LogP contribution in [0.25, 0.3) is 0 Å². The number of benzene rings is 1. The van der Waals surface area contributed by atoms with Crippen molar-refractivity contribution in [2.75, 3.05) is 21.3 Å². The van der Waals surface area contributed by atoms with Crippen LogP contribution in [-0.4, -0.2) is 33.2 Å². The van der Waals surface area contributed by atoms with Gasteiger partial charge in [0.25, 0.3) is 0 Å². The molecule has 0 spiro atoms. The predicted molar refractivity (Wildman–Crippen MR) is 81.9 cm³/mol. The minimum absolute atomic E-state index is 0.254. The number of methoxy groups -OCH3 is 3. The molecule has 1 aromatic carbocycles. The summed E-state index contributed by atoms with van der Waals surface area (Å²) in [6.45, 7) is 3.56. The second-order valence-corrected chi connectivity index (χ2v) is 4.47. The average molecular weight is 307 g/mol. The highest BCUT2D eigenvalue weighted by molar-refractivity contribution is 5.85. The van der Waals surface area contributed by atoms with Crippen LogP contribution in [0.15, 0.2) is 30.9 Å². The van der Waals surface area contributed by atoms with Gasteiger partial charge in [0.1, 0.15) is 0 Å². The van der Waals surface area contributed by atoms with Crippen molar-refractivity contribution in [3.63, 3.8) is 0 Å². The molecule has 1 amide bonds. The van der Waals surface area contributed by atoms with Crippen molar-refractivity contribution in [1.29, 1.82) is 0 Å². The van der Waals surface area contributed by atoms with Gasteiger partial charge in [-0.1, -0.05) is 12.1 Å². The van der Waals surface area contributed by atoms with Gasteiger partial charge in [0.15, 0.2) is 17.5 Å². The van der Waals surface area contributed by atoms with E-state index in [1.165, 1.54) is 21.3 Å². The van der Waals surface area contributed by atoms with E-state index in [2.05, 4.69) is 11.9 Å². The number of carbonyl (C=O) groups is 2. The van der Waals surface area contributed by atoms with Crippen LogP contribution in [0.5, 0.6) is 11.5 Å². The Morgan fingerprint density at radius 2 is 1.91 bits per heavy atom. The maximum absolute atomic E-state index is 11.9. The Kier molecular flexibility index (Phi) is 6.95. The molecule has 22 heavy (non-hydrogen) atoms. The number of rotatable bonds is 8. The quantitative estimate of drug-likeness (QED) is 0.587. The normalized spacial score (nSPS) is 11.2. The van der Waals surface area contributed by atoms with Crippen LogP contribution in [0.2, 0.25) is 0 Å². The Morgan fingerprint density at radius 3 is 2.45 bits per heavy atom. The summed E-state index contributed by atoms with van der Waals surface area (Å²) in [6, 6.07) is 4.08. The number of hydrogen-bond acceptors (Lipinski definition) is 5. The molecular formula is C16H21NO5. The van der Waals surface area contributed by atoms with Crippen LogP contribution in [0, 0.1) is 0 Å². The molecule has 0 aliphatic rings. The van der Waals surface area contributed by atoms with Gasteiger partial charge in [-0.2, -0.15) is 0 Å². The van der Waals surface area contributed by atoms with E-state index in [-0.39, 0.29) is 12.3 Å². The summed E-state index contributed by atoms with van der Waals surface area (Å²) >= 11 is 0. The van der Waals surface area contributed by atoms with Crippen molar-refractivity contribution in [2.45, 2.75) is 18.9 Å². The van der Waals surface area contributed by atoms with Gasteiger partial charge in [0.05, 0.1) is 21.3 Å². The molecule has 1 rings (SSSR count). The molecular weight excluding hydrogens is 286 g/mol. The van der Waals surface area contributed by atoms with Crippen molar-refractivity contribution in [3.05, 3.63) is 36.4 Å². The highest BCUT2D eigenvalue weighted by Gasteiger charge is 2.24. The Hall–Kier alpha value is -2.50. The van der Waals surface area contributed by atoms with Crippen LogP contribution in [0.4, 0.5) is 0 Å². The molecule has 0 aliphatic heterocycles. The van der Waals surface area contributed by atoms with Crippen LogP contribution < -0.4 is 14.8 Å². The number of amides is 1. The molecule has 6 heteroatoms. The van der Waals surface area contributed by atoms with E-state index >= 15 is 0 Å². The SMILES string of the molecule is C=CCCC(=O)N[C@H](C(=O)OC)c1ccc(OC)c(OC)c1. The molecule has 0 bridgehead atoms. The van der Waals surface area contributed by atoms with Gasteiger partial charge < -0.3 is 19.5 Å². The third-order valence-corrected chi connectivity index (χ3v) is 3.06. The lowest BCUT2D eigenvalue weighted by atomic mass is 10.1. The number of hydrogen-bond donors (Lipinski definition) is 1. The van der Waals surface area contributed by atoms with Gasteiger partial charge in [-0.3, -0.25) is 4.79 Å². The molecule has 0 aliphatic carbocycles. The summed E-state index contributed by atoms with van der Waals surface area (Å²) in [4.78, 5) is 23.8. The van der Waals surface area contributed by atoms with Gasteiger partial charge in [0, 0.05) is 6.42 Å². The van der Waals surface area contributed by atoms with E-state index in [1.54, 1.807) is 24.3 Å². The maximum atomic E-state index is 11.9. The first kappa shape index (κ1) is 17.6. The smallest absolute Gasteiger partial charge is 0.333 e. The summed E-state index contributed by atoms with van der Waals surface area (Å²) in [6.07, 6.45) is 2.43. The van der Waals surface area contributed by atoms with Crippen LogP contribution in [0.1, 0.15) is 24.4 Å². The summed E-state index contributed by atoms with van der Waals surface area (Å²) < 4.78 is 15.1. The summed E-state index contributed by atoms with van der Waals surface area (Å²) in [5.41, 5.74) is 0.552. The molecule has 1 aromatic rings. The largest absolute Gasteiger partial charge is 0.493 e. The lowest BCUT2D eigenvalue weighted by molar-refractivity contribution is -0.145. The van der Waals surface area contributed by atoms with E-state index in [0.717, 1.165) is 0 Å². The molecule has 0 unspecified atom stereocenters. The Bertz CT molecular complexity index is 541. The standard InChI is InChI=1S/C16H21NO5/c1-5-6-7-14(18)17-15(16(19)22-4)11-8-9-12(20-2)13(10-11)21-3/h5,8-10,15H,1,6-7H2,2-4H3,(H,17,18)/t15-/m0/s1. The second kappa shape index (κ2) is 8.71. The number of allylic oxidation sites excluding steroid dienone is 1. The lowest BCUT2D eigenvalue weighted by Gasteiger charge is -2.18. The van der Waals surface area contributed by atoms with Gasteiger partial charge in [-0.25, -0.2) is 4.79 Å². The van der Waals surface area contributed by atoms with Crippen LogP contribution in [-0.2, 0) is 14.3 Å². The molecule has 0 saturated heterocycles. The zero-order valence-corrected chi connectivity index (χ0v) is 13.0. The Morgan fingerprint density at radius 1 is 1.23 bits per heavy atom. The molecule has 6 nitrogen and oxygen atoms in total. The third-order valence-electron chi connectivity index (χ3n) is 3.06. The fourth-order valence-corrected chi connectivity index (χ4v) is 1.89. The Labute approximate surface area is 130 Å². The van der Waals surface area contributed by atoms with Gasteiger partial charge in [-0.05, 0) is 24.1 Å². The van der Waals surface area contributed by atoms with Crippen molar-refractivity contribution in [3.8, 4) is 11.5 Å². The molecule has 120 valence electrons. The first-order chi connectivity index (χ1) is 10.6. The maximum Gasteiger partial charge on any atom is 0.333 e. The van der Waals surface area contributed by atoms with Crippen molar-refractivity contribution in [2.24, 2.45) is 0 Å². The second-order valence-electron chi connectivity index (χ2n) is 4.47.